The molecular formula is C7H15NO4S. The maximum absolute atomic E-state index is 11.1. The highest BCUT2D eigenvalue weighted by Gasteiger charge is 2.09. The topological polar surface area (TPSA) is 83.5 Å². The van der Waals surface area contributed by atoms with Gasteiger partial charge in [0, 0.05) is 13.0 Å². The second-order valence-corrected chi connectivity index (χ2v) is 4.64. The molecule has 0 saturated carbocycles. The monoisotopic (exact) mass is 209 g/mol. The van der Waals surface area contributed by atoms with Crippen LogP contribution in [0.25, 0.3) is 0 Å². The molecule has 6 heteroatoms. The molecule has 13 heavy (non-hydrogen) atoms. The molecule has 0 rings (SSSR count). The second-order valence-electron chi connectivity index (χ2n) is 2.71. The molecule has 0 bridgehead atoms. The first-order chi connectivity index (χ1) is 5.98. The normalized spacial score (nSPS) is 11.5. The van der Waals surface area contributed by atoms with Gasteiger partial charge in [-0.05, 0) is 12.8 Å². The van der Waals surface area contributed by atoms with E-state index < -0.39 is 16.0 Å². The van der Waals surface area contributed by atoms with Crippen LogP contribution < -0.4 is 4.72 Å². The van der Waals surface area contributed by atoms with Gasteiger partial charge in [-0.15, -0.1) is 0 Å². The number of carboxylic acid groups (broad SMARTS) is 1. The van der Waals surface area contributed by atoms with Crippen molar-refractivity contribution in [1.29, 1.82) is 0 Å². The Bertz CT molecular complexity index is 247. The number of carbonyl (C=O) groups is 1. The highest BCUT2D eigenvalue weighted by atomic mass is 32.2. The molecule has 0 amide bonds. The molecule has 0 aromatic rings. The van der Waals surface area contributed by atoms with Crippen molar-refractivity contribution < 1.29 is 18.3 Å². The number of nitrogens with one attached hydrogen (secondary N) is 1. The van der Waals surface area contributed by atoms with E-state index in [-0.39, 0.29) is 18.6 Å². The second kappa shape index (κ2) is 5.93. The summed E-state index contributed by atoms with van der Waals surface area (Å²) in [6, 6.07) is 0. The first-order valence-corrected chi connectivity index (χ1v) is 5.82. The Kier molecular flexibility index (Phi) is 5.65. The van der Waals surface area contributed by atoms with Gasteiger partial charge in [-0.3, -0.25) is 4.79 Å². The quantitative estimate of drug-likeness (QED) is 0.626. The van der Waals surface area contributed by atoms with Crippen molar-refractivity contribution in [3.63, 3.8) is 0 Å². The third kappa shape index (κ3) is 7.73. The Hall–Kier alpha value is -0.620. The van der Waals surface area contributed by atoms with Crippen LogP contribution in [0, 0.1) is 0 Å². The van der Waals surface area contributed by atoms with Gasteiger partial charge in [0.05, 0.1) is 5.75 Å². The minimum Gasteiger partial charge on any atom is -0.481 e. The minimum atomic E-state index is -3.25. The maximum atomic E-state index is 11.1. The van der Waals surface area contributed by atoms with E-state index in [0.717, 1.165) is 6.42 Å². The highest BCUT2D eigenvalue weighted by Crippen LogP contribution is 1.94. The van der Waals surface area contributed by atoms with E-state index >= 15 is 0 Å². The summed E-state index contributed by atoms with van der Waals surface area (Å²) >= 11 is 0. The lowest BCUT2D eigenvalue weighted by Gasteiger charge is -2.03. The fourth-order valence-electron chi connectivity index (χ4n) is 0.743. The molecule has 0 aliphatic heterocycles. The van der Waals surface area contributed by atoms with E-state index in [1.165, 1.54) is 0 Å². The van der Waals surface area contributed by atoms with Gasteiger partial charge in [-0.1, -0.05) is 6.92 Å². The summed E-state index contributed by atoms with van der Waals surface area (Å²) in [6.07, 6.45) is 0.791. The molecule has 0 unspecified atom stereocenters. The van der Waals surface area contributed by atoms with Crippen LogP contribution >= 0.6 is 0 Å². The van der Waals surface area contributed by atoms with Crippen molar-refractivity contribution in [2.75, 3.05) is 12.3 Å². The Morgan fingerprint density at radius 2 is 2.08 bits per heavy atom. The highest BCUT2D eigenvalue weighted by molar-refractivity contribution is 7.89. The van der Waals surface area contributed by atoms with Gasteiger partial charge in [0.1, 0.15) is 0 Å². The molecule has 0 aliphatic rings. The Labute approximate surface area is 78.2 Å². The summed E-state index contributed by atoms with van der Waals surface area (Å²) in [5, 5.41) is 8.27. The number of rotatable bonds is 7. The number of hydrogen-bond donors (Lipinski definition) is 2. The van der Waals surface area contributed by atoms with E-state index in [1.807, 2.05) is 6.92 Å². The van der Waals surface area contributed by atoms with Crippen LogP contribution in [0.1, 0.15) is 26.2 Å². The fraction of sp³-hybridized carbons (Fsp3) is 0.857. The maximum Gasteiger partial charge on any atom is 0.303 e. The van der Waals surface area contributed by atoms with Crippen LogP contribution in [-0.4, -0.2) is 31.8 Å². The van der Waals surface area contributed by atoms with Crippen LogP contribution in [0.15, 0.2) is 0 Å². The van der Waals surface area contributed by atoms with E-state index in [2.05, 4.69) is 4.72 Å². The molecule has 0 heterocycles. The van der Waals surface area contributed by atoms with Gasteiger partial charge in [-0.25, -0.2) is 13.1 Å². The Morgan fingerprint density at radius 3 is 2.54 bits per heavy atom. The largest absolute Gasteiger partial charge is 0.481 e. The molecule has 5 nitrogen and oxygen atoms in total. The molecule has 0 atom stereocenters. The summed E-state index contributed by atoms with van der Waals surface area (Å²) in [5.41, 5.74) is 0. The van der Waals surface area contributed by atoms with Gasteiger partial charge in [0.2, 0.25) is 10.0 Å². The lowest BCUT2D eigenvalue weighted by Crippen LogP contribution is -2.27. The average Bonchev–Trinajstić information content (AvgIpc) is 2.00. The smallest absolute Gasteiger partial charge is 0.303 e. The van der Waals surface area contributed by atoms with Gasteiger partial charge in [-0.2, -0.15) is 0 Å². The van der Waals surface area contributed by atoms with Crippen molar-refractivity contribution in [3.8, 4) is 0 Å². The third-order valence-corrected chi connectivity index (χ3v) is 2.85. The molecule has 2 N–H and O–H groups in total. The third-order valence-electron chi connectivity index (χ3n) is 1.38. The Morgan fingerprint density at radius 1 is 1.46 bits per heavy atom. The number of aliphatic carboxylic acids is 1. The van der Waals surface area contributed by atoms with Crippen LogP contribution in [0.5, 0.6) is 0 Å². The molecule has 0 saturated heterocycles. The molecule has 78 valence electrons. The van der Waals surface area contributed by atoms with Crippen LogP contribution in [0.4, 0.5) is 0 Å². The standard InChI is InChI=1S/C7H15NO4S/c1-2-5-8-13(11,12)6-3-4-7(9)10/h8H,2-6H2,1H3,(H,9,10). The zero-order valence-corrected chi connectivity index (χ0v) is 8.43. The first kappa shape index (κ1) is 12.4. The zero-order valence-electron chi connectivity index (χ0n) is 7.62. The number of sulfonamides is 1. The molecule has 0 aromatic carbocycles. The van der Waals surface area contributed by atoms with Crippen molar-refractivity contribution in [2.24, 2.45) is 0 Å². The molecule has 0 aromatic heterocycles. The summed E-state index contributed by atoms with van der Waals surface area (Å²) in [4.78, 5) is 10.1. The van der Waals surface area contributed by atoms with Gasteiger partial charge < -0.3 is 5.11 Å². The molecule has 0 radical (unpaired) electrons. The van der Waals surface area contributed by atoms with E-state index in [9.17, 15) is 13.2 Å². The van der Waals surface area contributed by atoms with Crippen LogP contribution in [0.2, 0.25) is 0 Å². The first-order valence-electron chi connectivity index (χ1n) is 4.17. The Balaban J connectivity index is 3.70. The summed E-state index contributed by atoms with van der Waals surface area (Å²) < 4.78 is 24.5. The summed E-state index contributed by atoms with van der Waals surface area (Å²) in [5.74, 6) is -1.08. The predicted octanol–water partition coefficient (Wildman–Crippen LogP) is 0.181. The van der Waals surface area contributed by atoms with Gasteiger partial charge >= 0.3 is 5.97 Å². The van der Waals surface area contributed by atoms with Gasteiger partial charge in [0.25, 0.3) is 0 Å². The van der Waals surface area contributed by atoms with Crippen LogP contribution in [-0.2, 0) is 14.8 Å². The summed E-state index contributed by atoms with van der Waals surface area (Å²) in [7, 11) is -3.25. The van der Waals surface area contributed by atoms with E-state index in [4.69, 9.17) is 5.11 Å². The fourth-order valence-corrected chi connectivity index (χ4v) is 1.93. The SMILES string of the molecule is CCCNS(=O)(=O)CCCC(=O)O. The van der Waals surface area contributed by atoms with Crippen LogP contribution in [0.3, 0.4) is 0 Å². The van der Waals surface area contributed by atoms with Crippen molar-refractivity contribution >= 4 is 16.0 Å². The molecule has 0 aliphatic carbocycles. The lowest BCUT2D eigenvalue weighted by molar-refractivity contribution is -0.137. The average molecular weight is 209 g/mol. The number of hydrogen-bond acceptors (Lipinski definition) is 3. The van der Waals surface area contributed by atoms with E-state index in [0.29, 0.717) is 6.54 Å². The minimum absolute atomic E-state index is 0.104. The number of carboxylic acids is 1. The van der Waals surface area contributed by atoms with E-state index in [1.54, 1.807) is 0 Å². The molecule has 0 fully saturated rings. The summed E-state index contributed by atoms with van der Waals surface area (Å²) in [6.45, 7) is 2.27. The van der Waals surface area contributed by atoms with Gasteiger partial charge in [0.15, 0.2) is 0 Å². The molecule has 0 spiro atoms. The van der Waals surface area contributed by atoms with Crippen molar-refractivity contribution in [1.82, 2.24) is 4.72 Å². The predicted molar refractivity (Wildman–Crippen MR) is 49.0 cm³/mol. The molecular weight excluding hydrogens is 194 g/mol. The van der Waals surface area contributed by atoms with Crippen molar-refractivity contribution in [3.05, 3.63) is 0 Å². The zero-order chi connectivity index (χ0) is 10.3. The lowest BCUT2D eigenvalue weighted by atomic mass is 10.3. The van der Waals surface area contributed by atoms with Crippen molar-refractivity contribution in [2.45, 2.75) is 26.2 Å².